The number of carbonyl (C=O) groups excluding carboxylic acids is 3. The minimum absolute atomic E-state index is 0.0241. The van der Waals surface area contributed by atoms with E-state index >= 15 is 0 Å². The number of amides is 3. The largest absolute Gasteiger partial charge is 0.450 e. The summed E-state index contributed by atoms with van der Waals surface area (Å²) in [6.07, 6.45) is 4.09. The molecule has 1 aromatic heterocycles. The summed E-state index contributed by atoms with van der Waals surface area (Å²) >= 11 is 0. The van der Waals surface area contributed by atoms with E-state index in [0.29, 0.717) is 11.3 Å². The fourth-order valence-electron chi connectivity index (χ4n) is 3.30. The van der Waals surface area contributed by atoms with Gasteiger partial charge >= 0.3 is 12.0 Å². The van der Waals surface area contributed by atoms with Crippen LogP contribution >= 0.6 is 0 Å². The number of imide groups is 1. The first kappa shape index (κ1) is 19.6. The lowest BCUT2D eigenvalue weighted by atomic mass is 9.86. The molecule has 28 heavy (non-hydrogen) atoms. The third-order valence-corrected chi connectivity index (χ3v) is 4.85. The molecule has 0 spiro atoms. The second-order valence-corrected chi connectivity index (χ2v) is 6.94. The van der Waals surface area contributed by atoms with Gasteiger partial charge in [-0.3, -0.25) is 14.9 Å². The van der Waals surface area contributed by atoms with E-state index in [1.54, 1.807) is 24.3 Å². The van der Waals surface area contributed by atoms with Crippen molar-refractivity contribution in [1.29, 1.82) is 0 Å². The summed E-state index contributed by atoms with van der Waals surface area (Å²) in [5.74, 6) is -1.68. The van der Waals surface area contributed by atoms with Gasteiger partial charge in [-0.25, -0.2) is 9.59 Å². The van der Waals surface area contributed by atoms with Gasteiger partial charge in [-0.1, -0.05) is 31.9 Å². The molecule has 0 saturated heterocycles. The number of urea groups is 1. The van der Waals surface area contributed by atoms with Crippen LogP contribution in [0.3, 0.4) is 0 Å². The minimum Gasteiger partial charge on any atom is -0.450 e. The lowest BCUT2D eigenvalue weighted by Gasteiger charge is -2.29. The third kappa shape index (κ3) is 4.76. The summed E-state index contributed by atoms with van der Waals surface area (Å²) in [5, 5.41) is 5.25. The molecule has 1 aromatic carbocycles. The van der Waals surface area contributed by atoms with Crippen LogP contribution in [0.4, 0.5) is 4.79 Å². The second-order valence-electron chi connectivity index (χ2n) is 6.94. The monoisotopic (exact) mass is 386 g/mol. The van der Waals surface area contributed by atoms with E-state index in [1.165, 1.54) is 0 Å². The van der Waals surface area contributed by atoms with Crippen LogP contribution in [-0.4, -0.2) is 30.6 Å². The van der Waals surface area contributed by atoms with Crippen LogP contribution in [0.1, 0.15) is 43.2 Å². The number of esters is 1. The Morgan fingerprint density at radius 2 is 1.93 bits per heavy atom. The zero-order valence-electron chi connectivity index (χ0n) is 15.5. The highest BCUT2D eigenvalue weighted by Gasteiger charge is 2.23. The highest BCUT2D eigenvalue weighted by molar-refractivity contribution is 5.96. The van der Waals surface area contributed by atoms with Gasteiger partial charge in [0.15, 0.2) is 12.0 Å². The molecule has 1 aliphatic rings. The quantitative estimate of drug-likeness (QED) is 0.780. The van der Waals surface area contributed by atoms with Crippen LogP contribution in [0.5, 0.6) is 0 Å². The summed E-state index contributed by atoms with van der Waals surface area (Å²) in [6.45, 7) is 1.40. The van der Waals surface area contributed by atoms with Crippen molar-refractivity contribution in [3.63, 3.8) is 0 Å². The highest BCUT2D eigenvalue weighted by Crippen LogP contribution is 2.23. The number of benzene rings is 1. The van der Waals surface area contributed by atoms with Crippen molar-refractivity contribution in [1.82, 2.24) is 10.6 Å². The molecule has 1 heterocycles. The molecule has 8 heteroatoms. The van der Waals surface area contributed by atoms with Gasteiger partial charge in [-0.15, -0.1) is 0 Å². The number of rotatable bonds is 4. The molecule has 0 radical (unpaired) electrons. The average molecular weight is 386 g/mol. The Morgan fingerprint density at radius 3 is 2.71 bits per heavy atom. The molecule has 0 bridgehead atoms. The number of fused-ring (bicyclic) bond motifs is 1. The maximum Gasteiger partial charge on any atom is 0.374 e. The Hall–Kier alpha value is -3.16. The number of hydrogen-bond acceptors (Lipinski definition) is 6. The first-order chi connectivity index (χ1) is 13.4. The van der Waals surface area contributed by atoms with Crippen LogP contribution in [0.25, 0.3) is 11.0 Å². The Labute approximate surface area is 161 Å². The molecule has 8 nitrogen and oxygen atoms in total. The smallest absolute Gasteiger partial charge is 0.374 e. The predicted octanol–water partition coefficient (Wildman–Crippen LogP) is 2.35. The van der Waals surface area contributed by atoms with Crippen molar-refractivity contribution in [2.24, 2.45) is 5.92 Å². The number of nitrogens with one attached hydrogen (secondary N) is 2. The molecule has 0 aliphatic heterocycles. The van der Waals surface area contributed by atoms with E-state index in [-0.39, 0.29) is 22.8 Å². The molecule has 1 aliphatic carbocycles. The highest BCUT2D eigenvalue weighted by atomic mass is 16.5. The van der Waals surface area contributed by atoms with E-state index in [9.17, 15) is 19.2 Å². The molecular formula is C20H22N2O6. The summed E-state index contributed by atoms with van der Waals surface area (Å²) < 4.78 is 10.2. The summed E-state index contributed by atoms with van der Waals surface area (Å²) in [7, 11) is 0. The molecule has 148 valence electrons. The van der Waals surface area contributed by atoms with Gasteiger partial charge in [-0.05, 0) is 30.9 Å². The van der Waals surface area contributed by atoms with Gasteiger partial charge in [-0.2, -0.15) is 0 Å². The van der Waals surface area contributed by atoms with Crippen LogP contribution in [0, 0.1) is 5.92 Å². The van der Waals surface area contributed by atoms with Gasteiger partial charge in [0.25, 0.3) is 5.91 Å². The molecule has 3 rings (SSSR count). The Kier molecular flexibility index (Phi) is 6.08. The first-order valence-corrected chi connectivity index (χ1v) is 9.24. The Bertz CT molecular complexity index is 951. The van der Waals surface area contributed by atoms with Crippen molar-refractivity contribution < 1.29 is 23.5 Å². The Balaban J connectivity index is 1.52. The topological polar surface area (TPSA) is 115 Å². The van der Waals surface area contributed by atoms with Crippen molar-refractivity contribution in [3.8, 4) is 0 Å². The maximum atomic E-state index is 12.1. The maximum absolute atomic E-state index is 12.1. The number of ether oxygens (including phenoxy) is 1. The van der Waals surface area contributed by atoms with E-state index in [4.69, 9.17) is 9.15 Å². The number of para-hydroxylation sites is 1. The van der Waals surface area contributed by atoms with Crippen molar-refractivity contribution >= 4 is 28.9 Å². The molecular weight excluding hydrogens is 364 g/mol. The molecule has 1 fully saturated rings. The van der Waals surface area contributed by atoms with E-state index in [2.05, 4.69) is 17.6 Å². The standard InChI is InChI=1S/C20H22N2O6/c1-12-6-2-4-8-14(12)21-20(26)22-18(24)11-27-19(25)17-10-15(23)13-7-3-5-9-16(13)28-17/h3,5,7,9-10,12,14H,2,4,6,8,11H2,1H3,(H2,21,22,24,26). The molecule has 1 saturated carbocycles. The first-order valence-electron chi connectivity index (χ1n) is 9.24. The molecule has 2 aromatic rings. The van der Waals surface area contributed by atoms with Crippen LogP contribution < -0.4 is 16.1 Å². The predicted molar refractivity (Wildman–Crippen MR) is 101 cm³/mol. The normalized spacial score (nSPS) is 19.0. The zero-order valence-corrected chi connectivity index (χ0v) is 15.5. The van der Waals surface area contributed by atoms with E-state index < -0.39 is 24.5 Å². The Morgan fingerprint density at radius 1 is 1.18 bits per heavy atom. The SMILES string of the molecule is CC1CCCCC1NC(=O)NC(=O)COC(=O)c1cc(=O)c2ccccc2o1. The summed E-state index contributed by atoms with van der Waals surface area (Å²) in [4.78, 5) is 47.8. The second kappa shape index (κ2) is 8.69. The average Bonchev–Trinajstić information content (AvgIpc) is 2.68. The van der Waals surface area contributed by atoms with Crippen LogP contribution in [-0.2, 0) is 9.53 Å². The van der Waals surface area contributed by atoms with E-state index in [0.717, 1.165) is 31.7 Å². The minimum atomic E-state index is -0.959. The molecule has 2 atom stereocenters. The van der Waals surface area contributed by atoms with Crippen LogP contribution in [0.2, 0.25) is 0 Å². The van der Waals surface area contributed by atoms with Crippen molar-refractivity contribution in [2.75, 3.05) is 6.61 Å². The van der Waals surface area contributed by atoms with Gasteiger partial charge in [0, 0.05) is 12.1 Å². The van der Waals surface area contributed by atoms with Gasteiger partial charge < -0.3 is 14.5 Å². The number of hydrogen-bond donors (Lipinski definition) is 2. The third-order valence-electron chi connectivity index (χ3n) is 4.85. The fraction of sp³-hybridized carbons (Fsp3) is 0.400. The van der Waals surface area contributed by atoms with Gasteiger partial charge in [0.1, 0.15) is 5.58 Å². The van der Waals surface area contributed by atoms with Gasteiger partial charge in [0.2, 0.25) is 5.76 Å². The van der Waals surface area contributed by atoms with Crippen molar-refractivity contribution in [2.45, 2.75) is 38.6 Å². The lowest BCUT2D eigenvalue weighted by molar-refractivity contribution is -0.123. The van der Waals surface area contributed by atoms with Gasteiger partial charge in [0.05, 0.1) is 5.39 Å². The summed E-state index contributed by atoms with van der Waals surface area (Å²) in [6, 6.07) is 6.90. The van der Waals surface area contributed by atoms with Crippen LogP contribution in [0.15, 0.2) is 39.5 Å². The lowest BCUT2D eigenvalue weighted by Crippen LogP contribution is -2.48. The molecule has 2 unspecified atom stereocenters. The number of carbonyl (C=O) groups is 3. The molecule has 3 amide bonds. The molecule has 2 N–H and O–H groups in total. The van der Waals surface area contributed by atoms with E-state index in [1.807, 2.05) is 0 Å². The zero-order chi connectivity index (χ0) is 20.1. The summed E-state index contributed by atoms with van der Waals surface area (Å²) in [5.41, 5.74) is -0.147. The fourth-order valence-corrected chi connectivity index (χ4v) is 3.30. The van der Waals surface area contributed by atoms with Crippen molar-refractivity contribution in [3.05, 3.63) is 46.3 Å².